The molecule has 0 saturated carbocycles. The largest absolute Gasteiger partial charge is 0.493 e. The van der Waals surface area contributed by atoms with E-state index in [2.05, 4.69) is 0 Å². The van der Waals surface area contributed by atoms with Crippen LogP contribution in [0.25, 0.3) is 11.0 Å². The second kappa shape index (κ2) is 6.50. The van der Waals surface area contributed by atoms with Crippen molar-refractivity contribution in [1.29, 1.82) is 0 Å². The van der Waals surface area contributed by atoms with Gasteiger partial charge in [-0.25, -0.2) is 23.1 Å². The van der Waals surface area contributed by atoms with Crippen LogP contribution in [0.3, 0.4) is 0 Å². The normalized spacial score (nSPS) is 10.6. The molecule has 7 nitrogen and oxygen atoms in total. The molecule has 0 bridgehead atoms. The summed E-state index contributed by atoms with van der Waals surface area (Å²) < 4.78 is 49.6. The lowest BCUT2D eigenvalue weighted by molar-refractivity contribution is -2.00. The van der Waals surface area contributed by atoms with Gasteiger partial charge < -0.3 is 9.47 Å². The average molecular weight is 291 g/mol. The Morgan fingerprint density at radius 2 is 1.53 bits per heavy atom. The number of rotatable bonds is 2. The van der Waals surface area contributed by atoms with Crippen LogP contribution in [-0.4, -0.2) is 14.2 Å². The fraction of sp³-hybridized carbons (Fsp3) is 0.182. The van der Waals surface area contributed by atoms with Gasteiger partial charge in [0, 0.05) is 12.1 Å². The van der Waals surface area contributed by atoms with Crippen LogP contribution in [0.5, 0.6) is 11.5 Å². The minimum Gasteiger partial charge on any atom is -0.493 e. The number of ether oxygens (including phenoxy) is 2. The lowest BCUT2D eigenvalue weighted by Gasteiger charge is -2.17. The smallest absolute Gasteiger partial charge is 0.363 e. The van der Waals surface area contributed by atoms with E-state index in [0.717, 1.165) is 11.0 Å². The molecule has 8 heteroatoms. The maximum atomic E-state index is 8.49. The minimum absolute atomic E-state index is 0.676. The second-order valence-corrected chi connectivity index (χ2v) is 3.99. The first kappa shape index (κ1) is 15.4. The van der Waals surface area contributed by atoms with E-state index in [1.54, 1.807) is 20.5 Å². The predicted molar refractivity (Wildman–Crippen MR) is 53.7 cm³/mol. The molecule has 0 unspecified atom stereocenters. The molecule has 0 N–H and O–H groups in total. The highest BCUT2D eigenvalue weighted by Gasteiger charge is 2.11. The quantitative estimate of drug-likeness (QED) is 0.585. The van der Waals surface area contributed by atoms with Gasteiger partial charge in [0.1, 0.15) is 0 Å². The van der Waals surface area contributed by atoms with Crippen molar-refractivity contribution in [2.45, 2.75) is 0 Å². The highest BCUT2D eigenvalue weighted by Crippen LogP contribution is 2.31. The Bertz CT molecular complexity index is 490. The van der Waals surface area contributed by atoms with Crippen molar-refractivity contribution in [3.63, 3.8) is 0 Å². The van der Waals surface area contributed by atoms with Gasteiger partial charge in [0.25, 0.3) is 0 Å². The Balaban J connectivity index is 0.000000312. The van der Waals surface area contributed by atoms with Crippen molar-refractivity contribution in [1.82, 2.24) is 0 Å². The minimum atomic E-state index is -4.94. The number of hydrogen-bond donors (Lipinski definition) is 0. The van der Waals surface area contributed by atoms with E-state index < -0.39 is 10.2 Å². The summed E-state index contributed by atoms with van der Waals surface area (Å²) in [5.74, 6) is 1.39. The molecule has 1 heterocycles. The highest BCUT2D eigenvalue weighted by molar-refractivity contribution is 5.80. The van der Waals surface area contributed by atoms with Crippen LogP contribution in [0.15, 0.2) is 34.9 Å². The topological polar surface area (TPSA) is 122 Å². The Kier molecular flexibility index (Phi) is 5.28. The molecule has 0 aliphatic rings. The van der Waals surface area contributed by atoms with Crippen molar-refractivity contribution < 1.29 is 42.8 Å². The summed E-state index contributed by atoms with van der Waals surface area (Å²) in [7, 11) is -1.73. The third-order valence-electron chi connectivity index (χ3n) is 2.07. The first-order valence-corrected chi connectivity index (χ1v) is 6.13. The summed E-state index contributed by atoms with van der Waals surface area (Å²) in [6, 6.07) is 7.50. The third-order valence-corrected chi connectivity index (χ3v) is 2.07. The van der Waals surface area contributed by atoms with Gasteiger partial charge >= 0.3 is 11.8 Å². The van der Waals surface area contributed by atoms with Crippen molar-refractivity contribution in [3.8, 4) is 11.5 Å². The lowest BCUT2D eigenvalue weighted by atomic mass is 10.2. The average Bonchev–Trinajstić information content (AvgIpc) is 2.35. The molecule has 0 atom stereocenters. The number of methoxy groups -OCH3 is 2. The molecule has 0 aliphatic heterocycles. The Morgan fingerprint density at radius 3 is 2.05 bits per heavy atom. The van der Waals surface area contributed by atoms with E-state index >= 15 is 0 Å². The van der Waals surface area contributed by atoms with Crippen LogP contribution in [0.2, 0.25) is 0 Å². The van der Waals surface area contributed by atoms with Crippen molar-refractivity contribution >= 4 is 11.0 Å². The van der Waals surface area contributed by atoms with Gasteiger partial charge in [0.15, 0.2) is 11.5 Å². The number of fused-ring (bicyclic) bond motifs is 1. The summed E-state index contributed by atoms with van der Waals surface area (Å²) >= 11 is 0. The van der Waals surface area contributed by atoms with Crippen LogP contribution in [0.4, 0.5) is 0 Å². The van der Waals surface area contributed by atoms with Gasteiger partial charge in [0.05, 0.1) is 25.7 Å². The van der Waals surface area contributed by atoms with Crippen LogP contribution in [0, 0.1) is 10.2 Å². The zero-order chi connectivity index (χ0) is 14.5. The lowest BCUT2D eigenvalue weighted by Crippen LogP contribution is -2.68. The summed E-state index contributed by atoms with van der Waals surface area (Å²) in [6.07, 6.45) is 1.63. The molecule has 1 aromatic heterocycles. The molecular formula is C11H11ClO7. The van der Waals surface area contributed by atoms with Gasteiger partial charge in [-0.3, -0.25) is 0 Å². The van der Waals surface area contributed by atoms with Gasteiger partial charge in [-0.15, -0.1) is 10.2 Å². The van der Waals surface area contributed by atoms with E-state index in [0.29, 0.717) is 11.5 Å². The number of halogens is 1. The zero-order valence-electron chi connectivity index (χ0n) is 10.1. The number of benzene rings is 1. The van der Waals surface area contributed by atoms with Crippen LogP contribution >= 0.6 is 0 Å². The van der Waals surface area contributed by atoms with E-state index in [1.165, 1.54) is 0 Å². The molecule has 0 saturated heterocycles. The van der Waals surface area contributed by atoms with Crippen LogP contribution in [0.1, 0.15) is 0 Å². The standard InChI is InChI=1S/C11H11O3.ClHO4/c1-12-10-6-8-4-3-5-14-9(8)7-11(10)13-2;2-1(3,4)5/h3-7H,1-2H3;(H,2,3,4,5)/q+1;/p-1. The van der Waals surface area contributed by atoms with Gasteiger partial charge in [-0.2, -0.15) is 0 Å². The second-order valence-electron chi connectivity index (χ2n) is 3.24. The molecule has 2 aromatic rings. The molecule has 2 rings (SSSR count). The molecule has 104 valence electrons. The fourth-order valence-corrected chi connectivity index (χ4v) is 1.36. The SMILES string of the molecule is COc1cc2ccc[o+]c2cc1OC.[O-][Cl+3]([O-])([O-])[O-]. The fourth-order valence-electron chi connectivity index (χ4n) is 1.36. The third kappa shape index (κ3) is 5.25. The van der Waals surface area contributed by atoms with E-state index in [-0.39, 0.29) is 0 Å². The van der Waals surface area contributed by atoms with Crippen molar-refractivity contribution in [2.24, 2.45) is 0 Å². The van der Waals surface area contributed by atoms with Crippen molar-refractivity contribution in [2.75, 3.05) is 14.2 Å². The Labute approximate surface area is 111 Å². The Morgan fingerprint density at radius 1 is 1.00 bits per heavy atom. The zero-order valence-corrected chi connectivity index (χ0v) is 10.9. The Hall–Kier alpha value is -1.64. The van der Waals surface area contributed by atoms with Gasteiger partial charge in [-0.1, -0.05) is 0 Å². The molecule has 0 radical (unpaired) electrons. The summed E-state index contributed by atoms with van der Waals surface area (Å²) in [6.45, 7) is 0. The maximum absolute atomic E-state index is 8.49. The first-order chi connectivity index (χ1) is 8.85. The molecular weight excluding hydrogens is 280 g/mol. The van der Waals surface area contributed by atoms with E-state index in [4.69, 9.17) is 32.5 Å². The first-order valence-electron chi connectivity index (χ1n) is 4.89. The summed E-state index contributed by atoms with van der Waals surface area (Å²) in [5.41, 5.74) is 0.783. The van der Waals surface area contributed by atoms with E-state index in [9.17, 15) is 0 Å². The van der Waals surface area contributed by atoms with Crippen LogP contribution in [-0.2, 0) is 0 Å². The molecule has 1 aromatic carbocycles. The highest BCUT2D eigenvalue weighted by atomic mass is 35.7. The van der Waals surface area contributed by atoms with Crippen molar-refractivity contribution in [3.05, 3.63) is 30.5 Å². The van der Waals surface area contributed by atoms with E-state index in [1.807, 2.05) is 24.3 Å². The molecule has 0 amide bonds. The number of hydrogen-bond acceptors (Lipinski definition) is 6. The summed E-state index contributed by atoms with van der Waals surface area (Å²) in [5, 5.41) is 0.991. The summed E-state index contributed by atoms with van der Waals surface area (Å²) in [4.78, 5) is 0. The molecule has 19 heavy (non-hydrogen) atoms. The van der Waals surface area contributed by atoms with Gasteiger partial charge in [0.2, 0.25) is 0 Å². The van der Waals surface area contributed by atoms with Crippen LogP contribution < -0.4 is 28.1 Å². The molecule has 0 spiro atoms. The molecule has 0 fully saturated rings. The molecule has 0 aliphatic carbocycles. The predicted octanol–water partition coefficient (Wildman–Crippen LogP) is -2.02. The monoisotopic (exact) mass is 290 g/mol. The maximum Gasteiger partial charge on any atom is 0.363 e. The van der Waals surface area contributed by atoms with Gasteiger partial charge in [-0.05, 0) is 6.07 Å².